The fourth-order valence-electron chi connectivity index (χ4n) is 2.14. The molecular weight excluding hydrogens is 304 g/mol. The van der Waals surface area contributed by atoms with Gasteiger partial charge in [0, 0.05) is 5.56 Å². The van der Waals surface area contributed by atoms with Gasteiger partial charge in [-0.15, -0.1) is 0 Å². The van der Waals surface area contributed by atoms with E-state index in [1.165, 1.54) is 16.3 Å². The van der Waals surface area contributed by atoms with Crippen LogP contribution in [0.2, 0.25) is 0 Å². The first-order valence-corrected chi connectivity index (χ1v) is 6.93. The molecule has 1 aromatic heterocycles. The fraction of sp³-hybridized carbons (Fsp3) is 0.125. The Morgan fingerprint density at radius 3 is 2.53 bits per heavy atom. The van der Waals surface area contributed by atoms with Crippen LogP contribution in [0.3, 0.4) is 0 Å². The van der Waals surface area contributed by atoms with Gasteiger partial charge in [0.05, 0.1) is 24.5 Å². The smallest absolute Gasteiger partial charge is 0.119 e. The molecule has 0 spiro atoms. The highest BCUT2D eigenvalue weighted by Gasteiger charge is 2.11. The van der Waals surface area contributed by atoms with Gasteiger partial charge < -0.3 is 9.15 Å². The molecule has 0 saturated heterocycles. The average molecular weight is 317 g/mol. The molecule has 96 valence electrons. The molecule has 0 bridgehead atoms. The number of rotatable bonds is 3. The second-order valence-corrected chi connectivity index (χ2v) is 5.31. The molecule has 0 aliphatic heterocycles. The van der Waals surface area contributed by atoms with Gasteiger partial charge in [-0.25, -0.2) is 0 Å². The van der Waals surface area contributed by atoms with Crippen molar-refractivity contribution in [1.29, 1.82) is 0 Å². The van der Waals surface area contributed by atoms with Crippen LogP contribution < -0.4 is 4.74 Å². The Morgan fingerprint density at radius 1 is 1.00 bits per heavy atom. The first-order chi connectivity index (χ1) is 9.28. The molecule has 3 aromatic rings. The highest BCUT2D eigenvalue weighted by atomic mass is 79.9. The highest BCUT2D eigenvalue weighted by molar-refractivity contribution is 9.09. The van der Waals surface area contributed by atoms with Gasteiger partial charge >= 0.3 is 0 Å². The lowest BCUT2D eigenvalue weighted by molar-refractivity contribution is 0.415. The molecule has 0 radical (unpaired) electrons. The summed E-state index contributed by atoms with van der Waals surface area (Å²) in [6.07, 6.45) is 3.45. The minimum Gasteiger partial charge on any atom is -0.497 e. The molecule has 1 atom stereocenters. The van der Waals surface area contributed by atoms with Crippen LogP contribution >= 0.6 is 15.9 Å². The van der Waals surface area contributed by atoms with Crippen molar-refractivity contribution in [3.05, 3.63) is 66.1 Å². The molecule has 1 unspecified atom stereocenters. The second kappa shape index (κ2) is 5.10. The first-order valence-electron chi connectivity index (χ1n) is 6.02. The Balaban J connectivity index is 2.02. The van der Waals surface area contributed by atoms with E-state index in [4.69, 9.17) is 9.15 Å². The normalized spacial score (nSPS) is 12.5. The molecule has 2 aromatic carbocycles. The lowest BCUT2D eigenvalue weighted by atomic mass is 10.0. The van der Waals surface area contributed by atoms with E-state index < -0.39 is 0 Å². The lowest BCUT2D eigenvalue weighted by Crippen LogP contribution is -1.90. The number of ether oxygens (including phenoxy) is 1. The third-order valence-corrected chi connectivity index (χ3v) is 4.26. The maximum atomic E-state index is 5.24. The Morgan fingerprint density at radius 2 is 1.79 bits per heavy atom. The van der Waals surface area contributed by atoms with Crippen molar-refractivity contribution in [2.75, 3.05) is 7.11 Å². The van der Waals surface area contributed by atoms with Crippen molar-refractivity contribution in [3.63, 3.8) is 0 Å². The topological polar surface area (TPSA) is 22.4 Å². The number of alkyl halides is 1. The van der Waals surface area contributed by atoms with Gasteiger partial charge in [-0.05, 0) is 40.6 Å². The SMILES string of the molecule is COc1ccc2cc(C(Br)c3ccoc3)ccc2c1. The monoisotopic (exact) mass is 316 g/mol. The summed E-state index contributed by atoms with van der Waals surface area (Å²) < 4.78 is 10.4. The number of fused-ring (bicyclic) bond motifs is 1. The molecule has 0 N–H and O–H groups in total. The van der Waals surface area contributed by atoms with Crippen LogP contribution in [0.5, 0.6) is 5.75 Å². The highest BCUT2D eigenvalue weighted by Crippen LogP contribution is 2.33. The van der Waals surface area contributed by atoms with E-state index in [1.807, 2.05) is 18.2 Å². The molecule has 0 amide bonds. The second-order valence-electron chi connectivity index (χ2n) is 4.39. The number of furan rings is 1. The molecule has 0 fully saturated rings. The van der Waals surface area contributed by atoms with Gasteiger partial charge in [0.1, 0.15) is 5.75 Å². The minimum atomic E-state index is 0.151. The molecule has 3 heteroatoms. The van der Waals surface area contributed by atoms with Crippen LogP contribution in [0.4, 0.5) is 0 Å². The van der Waals surface area contributed by atoms with E-state index in [9.17, 15) is 0 Å². The summed E-state index contributed by atoms with van der Waals surface area (Å²) in [6.45, 7) is 0. The molecule has 3 rings (SSSR count). The van der Waals surface area contributed by atoms with E-state index in [1.54, 1.807) is 19.6 Å². The average Bonchev–Trinajstić information content (AvgIpc) is 2.99. The molecule has 2 nitrogen and oxygen atoms in total. The summed E-state index contributed by atoms with van der Waals surface area (Å²) in [5.74, 6) is 0.880. The fourth-order valence-corrected chi connectivity index (χ4v) is 2.68. The van der Waals surface area contributed by atoms with Crippen molar-refractivity contribution in [2.45, 2.75) is 4.83 Å². The largest absolute Gasteiger partial charge is 0.497 e. The van der Waals surface area contributed by atoms with Gasteiger partial charge in [-0.1, -0.05) is 34.1 Å². The van der Waals surface area contributed by atoms with Crippen LogP contribution in [0, 0.1) is 0 Å². The molecule has 0 aliphatic carbocycles. The Bertz CT molecular complexity index is 689. The van der Waals surface area contributed by atoms with Gasteiger partial charge in [0.25, 0.3) is 0 Å². The summed E-state index contributed by atoms with van der Waals surface area (Å²) in [5.41, 5.74) is 2.33. The third-order valence-electron chi connectivity index (χ3n) is 3.20. The zero-order valence-electron chi connectivity index (χ0n) is 10.5. The van der Waals surface area contributed by atoms with Crippen LogP contribution in [0.1, 0.15) is 16.0 Å². The predicted molar refractivity (Wildman–Crippen MR) is 80.0 cm³/mol. The molecule has 0 saturated carbocycles. The molecule has 1 heterocycles. The Kier molecular flexibility index (Phi) is 3.30. The van der Waals surface area contributed by atoms with Crippen molar-refractivity contribution in [2.24, 2.45) is 0 Å². The zero-order chi connectivity index (χ0) is 13.2. The van der Waals surface area contributed by atoms with Crippen molar-refractivity contribution >= 4 is 26.7 Å². The predicted octanol–water partition coefficient (Wildman–Crippen LogP) is 4.93. The standard InChI is InChI=1S/C16H13BrO2/c1-18-15-5-4-11-8-13(3-2-12(11)9-15)16(17)14-6-7-19-10-14/h2-10,16H,1H3. The zero-order valence-corrected chi connectivity index (χ0v) is 12.1. The minimum absolute atomic E-state index is 0.151. The van der Waals surface area contributed by atoms with Gasteiger partial charge in [0.2, 0.25) is 0 Å². The summed E-state index contributed by atoms with van der Waals surface area (Å²) >= 11 is 3.70. The van der Waals surface area contributed by atoms with Crippen molar-refractivity contribution in [3.8, 4) is 5.75 Å². The Hall–Kier alpha value is -1.74. The van der Waals surface area contributed by atoms with Crippen LogP contribution in [0.25, 0.3) is 10.8 Å². The van der Waals surface area contributed by atoms with E-state index in [-0.39, 0.29) is 4.83 Å². The number of halogens is 1. The van der Waals surface area contributed by atoms with Gasteiger partial charge in [-0.3, -0.25) is 0 Å². The third kappa shape index (κ3) is 2.38. The van der Waals surface area contributed by atoms with Gasteiger partial charge in [-0.2, -0.15) is 0 Å². The summed E-state index contributed by atoms with van der Waals surface area (Å²) in [4.78, 5) is 0.151. The summed E-state index contributed by atoms with van der Waals surface area (Å²) in [7, 11) is 1.68. The van der Waals surface area contributed by atoms with Crippen LogP contribution in [-0.2, 0) is 0 Å². The number of methoxy groups -OCH3 is 1. The number of hydrogen-bond donors (Lipinski definition) is 0. The van der Waals surface area contributed by atoms with E-state index in [2.05, 4.69) is 40.2 Å². The maximum absolute atomic E-state index is 5.24. The lowest BCUT2D eigenvalue weighted by Gasteiger charge is -2.10. The van der Waals surface area contributed by atoms with Crippen molar-refractivity contribution < 1.29 is 9.15 Å². The summed E-state index contributed by atoms with van der Waals surface area (Å²) in [5, 5.41) is 2.38. The number of hydrogen-bond acceptors (Lipinski definition) is 2. The van der Waals surface area contributed by atoms with E-state index in [0.29, 0.717) is 0 Å². The quantitative estimate of drug-likeness (QED) is 0.639. The molecule has 19 heavy (non-hydrogen) atoms. The van der Waals surface area contributed by atoms with Gasteiger partial charge in [0.15, 0.2) is 0 Å². The number of benzene rings is 2. The summed E-state index contributed by atoms with van der Waals surface area (Å²) in [6, 6.07) is 14.5. The van der Waals surface area contributed by atoms with Crippen LogP contribution in [-0.4, -0.2) is 7.11 Å². The van der Waals surface area contributed by atoms with E-state index in [0.717, 1.165) is 11.3 Å². The van der Waals surface area contributed by atoms with Crippen LogP contribution in [0.15, 0.2) is 59.4 Å². The van der Waals surface area contributed by atoms with E-state index >= 15 is 0 Å². The molecular formula is C16H13BrO2. The Labute approximate surface area is 120 Å². The maximum Gasteiger partial charge on any atom is 0.119 e. The first kappa shape index (κ1) is 12.3. The molecule has 0 aliphatic rings. The van der Waals surface area contributed by atoms with Crippen molar-refractivity contribution in [1.82, 2.24) is 0 Å².